The molecule has 0 aromatic heterocycles. The minimum atomic E-state index is -4.34. The van der Waals surface area contributed by atoms with Gasteiger partial charge in [-0.15, -0.1) is 0 Å². The van der Waals surface area contributed by atoms with Crippen LogP contribution in [0.1, 0.15) is 15.9 Å². The zero-order valence-electron chi connectivity index (χ0n) is 11.4. The third-order valence-electron chi connectivity index (χ3n) is 2.96. The molecule has 0 aliphatic carbocycles. The molecule has 2 rings (SSSR count). The number of benzene rings is 2. The van der Waals surface area contributed by atoms with Crippen LogP contribution in [0.5, 0.6) is 0 Å². The molecule has 0 unspecified atom stereocenters. The maximum absolute atomic E-state index is 13.7. The van der Waals surface area contributed by atoms with E-state index in [2.05, 4.69) is 4.72 Å². The highest BCUT2D eigenvalue weighted by Crippen LogP contribution is 2.25. The molecule has 0 saturated carbocycles. The molecule has 2 aromatic carbocycles. The van der Waals surface area contributed by atoms with E-state index >= 15 is 0 Å². The van der Waals surface area contributed by atoms with E-state index in [4.69, 9.17) is 5.73 Å². The number of anilines is 1. The SMILES string of the molecule is Cc1cccc(C(N)=O)c1NS(=O)(=O)c1ccc(F)cc1F. The maximum atomic E-state index is 13.7. The second-order valence-electron chi connectivity index (χ2n) is 4.54. The molecular formula is C14H12F2N2O3S. The Labute approximate surface area is 125 Å². The Bertz CT molecular complexity index is 851. The molecule has 0 bridgehead atoms. The van der Waals surface area contributed by atoms with Crippen molar-refractivity contribution in [1.29, 1.82) is 0 Å². The van der Waals surface area contributed by atoms with Crippen LogP contribution in [0.2, 0.25) is 0 Å². The quantitative estimate of drug-likeness (QED) is 0.902. The summed E-state index contributed by atoms with van der Waals surface area (Å²) in [5.74, 6) is -2.96. The zero-order valence-corrected chi connectivity index (χ0v) is 12.2. The standard InChI is InChI=1S/C14H12F2N2O3S/c1-8-3-2-4-10(14(17)19)13(8)18-22(20,21)12-6-5-9(15)7-11(12)16/h2-7,18H,1H3,(H2,17,19). The summed E-state index contributed by atoms with van der Waals surface area (Å²) in [6.07, 6.45) is 0. The van der Waals surface area contributed by atoms with Crippen LogP contribution in [0.3, 0.4) is 0 Å². The lowest BCUT2D eigenvalue weighted by atomic mass is 10.1. The number of nitrogens with two attached hydrogens (primary N) is 1. The van der Waals surface area contributed by atoms with Gasteiger partial charge in [-0.05, 0) is 30.7 Å². The summed E-state index contributed by atoms with van der Waals surface area (Å²) < 4.78 is 53.1. The highest BCUT2D eigenvalue weighted by Gasteiger charge is 2.22. The fourth-order valence-corrected chi connectivity index (χ4v) is 3.10. The lowest BCUT2D eigenvalue weighted by Gasteiger charge is -2.14. The second-order valence-corrected chi connectivity index (χ2v) is 6.19. The number of carbonyl (C=O) groups excluding carboxylic acids is 1. The van der Waals surface area contributed by atoms with Gasteiger partial charge in [0.25, 0.3) is 15.9 Å². The van der Waals surface area contributed by atoms with Crippen LogP contribution in [-0.2, 0) is 10.0 Å². The lowest BCUT2D eigenvalue weighted by Crippen LogP contribution is -2.20. The normalized spacial score (nSPS) is 11.2. The largest absolute Gasteiger partial charge is 0.366 e. The Morgan fingerprint density at radius 3 is 2.45 bits per heavy atom. The van der Waals surface area contributed by atoms with Gasteiger partial charge in [0, 0.05) is 6.07 Å². The first-order chi connectivity index (χ1) is 10.2. The van der Waals surface area contributed by atoms with Crippen molar-refractivity contribution in [2.75, 3.05) is 4.72 Å². The number of hydrogen-bond acceptors (Lipinski definition) is 3. The maximum Gasteiger partial charge on any atom is 0.264 e. The average Bonchev–Trinajstić information content (AvgIpc) is 2.40. The second kappa shape index (κ2) is 5.72. The highest BCUT2D eigenvalue weighted by atomic mass is 32.2. The van der Waals surface area contributed by atoms with Crippen molar-refractivity contribution >= 4 is 21.6 Å². The lowest BCUT2D eigenvalue weighted by molar-refractivity contribution is 0.100. The van der Waals surface area contributed by atoms with Gasteiger partial charge in [0.15, 0.2) is 0 Å². The molecule has 0 spiro atoms. The molecular weight excluding hydrogens is 314 g/mol. The van der Waals surface area contributed by atoms with E-state index in [9.17, 15) is 22.0 Å². The van der Waals surface area contributed by atoms with Crippen LogP contribution in [-0.4, -0.2) is 14.3 Å². The fourth-order valence-electron chi connectivity index (χ4n) is 1.89. The van der Waals surface area contributed by atoms with Crippen LogP contribution in [0.25, 0.3) is 0 Å². The smallest absolute Gasteiger partial charge is 0.264 e. The summed E-state index contributed by atoms with van der Waals surface area (Å²) in [5.41, 5.74) is 5.53. The van der Waals surface area contributed by atoms with E-state index in [0.29, 0.717) is 11.6 Å². The van der Waals surface area contributed by atoms with Gasteiger partial charge in [-0.3, -0.25) is 9.52 Å². The Morgan fingerprint density at radius 1 is 1.18 bits per heavy atom. The molecule has 0 fully saturated rings. The molecule has 8 heteroatoms. The Kier molecular flexibility index (Phi) is 4.14. The summed E-state index contributed by atoms with van der Waals surface area (Å²) in [7, 11) is -4.34. The van der Waals surface area contributed by atoms with Gasteiger partial charge in [-0.1, -0.05) is 12.1 Å². The van der Waals surface area contributed by atoms with Crippen LogP contribution in [0.4, 0.5) is 14.5 Å². The summed E-state index contributed by atoms with van der Waals surface area (Å²) in [6.45, 7) is 1.56. The monoisotopic (exact) mass is 326 g/mol. The summed E-state index contributed by atoms with van der Waals surface area (Å²) in [6, 6.07) is 6.52. The number of para-hydroxylation sites is 1. The number of primary amides is 1. The summed E-state index contributed by atoms with van der Waals surface area (Å²) in [4.78, 5) is 10.6. The molecule has 22 heavy (non-hydrogen) atoms. The van der Waals surface area contributed by atoms with Gasteiger partial charge in [-0.25, -0.2) is 17.2 Å². The molecule has 0 heterocycles. The third-order valence-corrected chi connectivity index (χ3v) is 4.34. The summed E-state index contributed by atoms with van der Waals surface area (Å²) in [5, 5.41) is 0. The first kappa shape index (κ1) is 15.9. The van der Waals surface area contributed by atoms with E-state index in [-0.39, 0.29) is 11.3 Å². The Morgan fingerprint density at radius 2 is 1.86 bits per heavy atom. The van der Waals surface area contributed by atoms with Crippen LogP contribution >= 0.6 is 0 Å². The van der Waals surface area contributed by atoms with Crippen molar-refractivity contribution in [3.05, 3.63) is 59.2 Å². The van der Waals surface area contributed by atoms with E-state index in [1.807, 2.05) is 0 Å². The zero-order chi connectivity index (χ0) is 16.5. The topological polar surface area (TPSA) is 89.3 Å². The van der Waals surface area contributed by atoms with Crippen molar-refractivity contribution in [1.82, 2.24) is 0 Å². The molecule has 0 radical (unpaired) electrons. The Balaban J connectivity index is 2.52. The number of carbonyl (C=O) groups is 1. The van der Waals surface area contributed by atoms with E-state index in [0.717, 1.165) is 12.1 Å². The summed E-state index contributed by atoms with van der Waals surface area (Å²) >= 11 is 0. The van der Waals surface area contributed by atoms with Crippen molar-refractivity contribution in [3.8, 4) is 0 Å². The van der Waals surface area contributed by atoms with Gasteiger partial charge in [-0.2, -0.15) is 0 Å². The van der Waals surface area contributed by atoms with Crippen molar-refractivity contribution in [3.63, 3.8) is 0 Å². The molecule has 5 nitrogen and oxygen atoms in total. The average molecular weight is 326 g/mol. The minimum Gasteiger partial charge on any atom is -0.366 e. The number of rotatable bonds is 4. The van der Waals surface area contributed by atoms with Crippen molar-refractivity contribution in [2.45, 2.75) is 11.8 Å². The molecule has 0 aliphatic heterocycles. The number of aryl methyl sites for hydroxylation is 1. The molecule has 0 saturated heterocycles. The number of sulfonamides is 1. The van der Waals surface area contributed by atoms with Gasteiger partial charge in [0.2, 0.25) is 0 Å². The third kappa shape index (κ3) is 3.06. The Hall–Kier alpha value is -2.48. The molecule has 1 amide bonds. The number of amides is 1. The first-order valence-electron chi connectivity index (χ1n) is 6.09. The van der Waals surface area contributed by atoms with E-state index in [1.54, 1.807) is 13.0 Å². The number of nitrogens with one attached hydrogen (secondary N) is 1. The van der Waals surface area contributed by atoms with Gasteiger partial charge in [0.05, 0.1) is 11.3 Å². The van der Waals surface area contributed by atoms with Gasteiger partial charge < -0.3 is 5.73 Å². The van der Waals surface area contributed by atoms with E-state index in [1.165, 1.54) is 12.1 Å². The first-order valence-corrected chi connectivity index (χ1v) is 7.58. The predicted molar refractivity (Wildman–Crippen MR) is 76.9 cm³/mol. The minimum absolute atomic E-state index is 0.0428. The molecule has 2 aromatic rings. The van der Waals surface area contributed by atoms with Gasteiger partial charge >= 0.3 is 0 Å². The van der Waals surface area contributed by atoms with Crippen LogP contribution in [0, 0.1) is 18.6 Å². The van der Waals surface area contributed by atoms with Gasteiger partial charge in [0.1, 0.15) is 16.5 Å². The molecule has 3 N–H and O–H groups in total. The van der Waals surface area contributed by atoms with Crippen molar-refractivity contribution < 1.29 is 22.0 Å². The number of hydrogen-bond donors (Lipinski definition) is 2. The molecule has 0 aliphatic rings. The molecule has 0 atom stereocenters. The van der Waals surface area contributed by atoms with Crippen LogP contribution < -0.4 is 10.5 Å². The van der Waals surface area contributed by atoms with Crippen LogP contribution in [0.15, 0.2) is 41.3 Å². The fraction of sp³-hybridized carbons (Fsp3) is 0.0714. The predicted octanol–water partition coefficient (Wildman–Crippen LogP) is 2.17. The highest BCUT2D eigenvalue weighted by molar-refractivity contribution is 7.92. The van der Waals surface area contributed by atoms with Crippen molar-refractivity contribution in [2.24, 2.45) is 5.73 Å². The number of halogens is 2. The van der Waals surface area contributed by atoms with E-state index < -0.39 is 32.5 Å². The molecule has 116 valence electrons.